The highest BCUT2D eigenvalue weighted by atomic mass is 16.5. The van der Waals surface area contributed by atoms with E-state index in [1.165, 1.54) is 5.56 Å². The zero-order chi connectivity index (χ0) is 30.4. The van der Waals surface area contributed by atoms with E-state index >= 15 is 0 Å². The summed E-state index contributed by atoms with van der Waals surface area (Å²) in [5.74, 6) is 0.415. The van der Waals surface area contributed by atoms with Gasteiger partial charge in [-0.2, -0.15) is 0 Å². The van der Waals surface area contributed by atoms with Gasteiger partial charge in [-0.15, -0.1) is 0 Å². The second-order valence-electron chi connectivity index (χ2n) is 10.6. The number of benzene rings is 3. The summed E-state index contributed by atoms with van der Waals surface area (Å²) in [4.78, 5) is 38.4. The van der Waals surface area contributed by atoms with E-state index in [2.05, 4.69) is 17.5 Å². The molecule has 0 spiro atoms. The van der Waals surface area contributed by atoms with Crippen LogP contribution in [0.25, 0.3) is 6.08 Å². The van der Waals surface area contributed by atoms with Gasteiger partial charge in [0.25, 0.3) is 0 Å². The van der Waals surface area contributed by atoms with Crippen LogP contribution in [0.3, 0.4) is 0 Å². The number of anilines is 2. The van der Waals surface area contributed by atoms with Crippen LogP contribution in [-0.2, 0) is 27.2 Å². The lowest BCUT2D eigenvalue weighted by atomic mass is 10.1. The Kier molecular flexibility index (Phi) is 11.8. The predicted octanol–water partition coefficient (Wildman–Crippen LogP) is 6.67. The van der Waals surface area contributed by atoms with E-state index in [0.717, 1.165) is 48.2 Å². The van der Waals surface area contributed by atoms with Crippen LogP contribution in [0, 0.1) is 0 Å². The molecule has 0 saturated carbocycles. The summed E-state index contributed by atoms with van der Waals surface area (Å²) in [7, 11) is 1.65. The molecule has 1 heterocycles. The van der Waals surface area contributed by atoms with Crippen molar-refractivity contribution < 1.29 is 29.0 Å². The molecule has 8 nitrogen and oxygen atoms in total. The molecule has 0 bridgehead atoms. The average molecular weight is 585 g/mol. The molecule has 2 N–H and O–H groups in total. The van der Waals surface area contributed by atoms with Gasteiger partial charge in [-0.1, -0.05) is 42.5 Å². The molecule has 8 heteroatoms. The quantitative estimate of drug-likeness (QED) is 0.182. The fourth-order valence-corrected chi connectivity index (χ4v) is 5.07. The molecule has 2 amide bonds. The number of unbranched alkanes of at least 4 members (excludes halogenated alkanes) is 2. The van der Waals surface area contributed by atoms with Gasteiger partial charge >= 0.3 is 5.97 Å². The van der Waals surface area contributed by atoms with Crippen LogP contribution in [0.5, 0.6) is 11.5 Å². The first kappa shape index (κ1) is 31.3. The first-order valence-corrected chi connectivity index (χ1v) is 14.9. The van der Waals surface area contributed by atoms with Crippen LogP contribution in [0.2, 0.25) is 0 Å². The fraction of sp³-hybridized carbons (Fsp3) is 0.343. The highest BCUT2D eigenvalue weighted by Gasteiger charge is 2.23. The van der Waals surface area contributed by atoms with Gasteiger partial charge in [0.15, 0.2) is 0 Å². The number of nitrogens with zero attached hydrogens (tertiary/aromatic N) is 1. The van der Waals surface area contributed by atoms with Crippen LogP contribution in [0.1, 0.15) is 61.6 Å². The lowest BCUT2D eigenvalue weighted by Crippen LogP contribution is -2.28. The van der Waals surface area contributed by atoms with E-state index < -0.39 is 5.97 Å². The van der Waals surface area contributed by atoms with Crippen molar-refractivity contribution in [2.45, 2.75) is 57.8 Å². The van der Waals surface area contributed by atoms with E-state index in [-0.39, 0.29) is 24.7 Å². The molecule has 0 aromatic heterocycles. The van der Waals surface area contributed by atoms with Crippen LogP contribution >= 0.6 is 0 Å². The lowest BCUT2D eigenvalue weighted by Gasteiger charge is -2.17. The SMILES string of the molecule is COc1ccc(/C=C/CCCCOc2ccc(NC(=O)CCCC(=O)N3CCc4ccccc43)cc2CCC(=O)O)cc1. The van der Waals surface area contributed by atoms with E-state index in [1.54, 1.807) is 30.2 Å². The smallest absolute Gasteiger partial charge is 0.303 e. The molecule has 0 fully saturated rings. The molecule has 1 aliphatic rings. The standard InChI is InChI=1S/C35H40N2O6/c1-42-30-18-14-26(15-19-30)9-4-2-3-7-24-43-32-20-17-29(25-28(32)16-21-35(40)41)36-33(38)12-8-13-34(39)37-23-22-27-10-5-6-11-31(27)37/h4-6,9-11,14-15,17-20,25H,2-3,7-8,12-13,16,21-24H2,1H3,(H,36,38)(H,40,41)/b9-4+. The van der Waals surface area contributed by atoms with E-state index in [0.29, 0.717) is 43.9 Å². The minimum atomic E-state index is -0.894. The number of amides is 2. The third-order valence-electron chi connectivity index (χ3n) is 7.38. The summed E-state index contributed by atoms with van der Waals surface area (Å²) < 4.78 is 11.2. The van der Waals surface area contributed by atoms with Crippen LogP contribution in [0.15, 0.2) is 72.8 Å². The lowest BCUT2D eigenvalue weighted by molar-refractivity contribution is -0.137. The zero-order valence-electron chi connectivity index (χ0n) is 24.7. The molecule has 3 aromatic rings. The van der Waals surface area contributed by atoms with E-state index in [4.69, 9.17) is 9.47 Å². The van der Waals surface area contributed by atoms with Crippen molar-refractivity contribution in [1.29, 1.82) is 0 Å². The Bertz CT molecular complexity index is 1420. The summed E-state index contributed by atoms with van der Waals surface area (Å²) >= 11 is 0. The number of aliphatic carboxylic acids is 1. The second kappa shape index (κ2) is 16.2. The maximum Gasteiger partial charge on any atom is 0.303 e. The highest BCUT2D eigenvalue weighted by Crippen LogP contribution is 2.28. The van der Waals surface area contributed by atoms with E-state index in [1.807, 2.05) is 48.5 Å². The van der Waals surface area contributed by atoms with Gasteiger partial charge < -0.3 is 24.8 Å². The average Bonchev–Trinajstić information content (AvgIpc) is 3.45. The van der Waals surface area contributed by atoms with Crippen molar-refractivity contribution >= 4 is 35.2 Å². The van der Waals surface area contributed by atoms with Gasteiger partial charge in [-0.05, 0) is 91.6 Å². The molecule has 0 aliphatic carbocycles. The molecule has 43 heavy (non-hydrogen) atoms. The molecule has 0 saturated heterocycles. The maximum atomic E-state index is 12.7. The largest absolute Gasteiger partial charge is 0.497 e. The minimum Gasteiger partial charge on any atom is -0.497 e. The number of carbonyl (C=O) groups excluding carboxylic acids is 2. The second-order valence-corrected chi connectivity index (χ2v) is 10.6. The monoisotopic (exact) mass is 584 g/mol. The van der Waals surface area contributed by atoms with Crippen molar-refractivity contribution in [1.82, 2.24) is 0 Å². The number of carboxylic acid groups (broad SMARTS) is 1. The molecule has 0 atom stereocenters. The molecule has 226 valence electrons. The Morgan fingerprint density at radius 1 is 0.953 bits per heavy atom. The third kappa shape index (κ3) is 9.74. The molecule has 4 rings (SSSR count). The number of nitrogens with one attached hydrogen (secondary N) is 1. The summed E-state index contributed by atoms with van der Waals surface area (Å²) in [5, 5.41) is 12.1. The molecule has 0 radical (unpaired) electrons. The number of methoxy groups -OCH3 is 1. The minimum absolute atomic E-state index is 0.0310. The number of para-hydroxylation sites is 1. The van der Waals surface area contributed by atoms with Gasteiger partial charge in [0, 0.05) is 37.2 Å². The number of carbonyl (C=O) groups is 3. The number of hydrogen-bond acceptors (Lipinski definition) is 5. The van der Waals surface area contributed by atoms with E-state index in [9.17, 15) is 19.5 Å². The molecule has 3 aromatic carbocycles. The van der Waals surface area contributed by atoms with Crippen LogP contribution < -0.4 is 19.7 Å². The van der Waals surface area contributed by atoms with Gasteiger partial charge in [-0.25, -0.2) is 0 Å². The number of fused-ring (bicyclic) bond motifs is 1. The third-order valence-corrected chi connectivity index (χ3v) is 7.38. The Hall–Kier alpha value is -4.59. The summed E-state index contributed by atoms with van der Waals surface area (Å²) in [6, 6.07) is 21.1. The van der Waals surface area contributed by atoms with Crippen molar-refractivity contribution in [2.24, 2.45) is 0 Å². The number of hydrogen-bond donors (Lipinski definition) is 2. The number of carboxylic acids is 1. The number of aryl methyl sites for hydroxylation is 1. The Balaban J connectivity index is 1.21. The normalized spacial score (nSPS) is 12.3. The van der Waals surface area contributed by atoms with Crippen LogP contribution in [-0.4, -0.2) is 43.2 Å². The molecule has 1 aliphatic heterocycles. The number of ether oxygens (including phenoxy) is 2. The van der Waals surface area contributed by atoms with Gasteiger partial charge in [0.2, 0.25) is 11.8 Å². The summed E-state index contributed by atoms with van der Waals surface area (Å²) in [6.07, 6.45) is 9.04. The predicted molar refractivity (Wildman–Crippen MR) is 169 cm³/mol. The first-order chi connectivity index (χ1) is 20.9. The van der Waals surface area contributed by atoms with Gasteiger partial charge in [0.05, 0.1) is 13.7 Å². The summed E-state index contributed by atoms with van der Waals surface area (Å²) in [5.41, 5.74) is 4.59. The zero-order valence-corrected chi connectivity index (χ0v) is 24.7. The Morgan fingerprint density at radius 2 is 1.77 bits per heavy atom. The molecular formula is C35H40N2O6. The highest BCUT2D eigenvalue weighted by molar-refractivity contribution is 5.96. The van der Waals surface area contributed by atoms with Crippen molar-refractivity contribution in [2.75, 3.05) is 30.5 Å². The van der Waals surface area contributed by atoms with Crippen molar-refractivity contribution in [3.63, 3.8) is 0 Å². The Morgan fingerprint density at radius 3 is 2.56 bits per heavy atom. The summed E-state index contributed by atoms with van der Waals surface area (Å²) in [6.45, 7) is 1.19. The van der Waals surface area contributed by atoms with Crippen molar-refractivity contribution in [3.8, 4) is 11.5 Å². The van der Waals surface area contributed by atoms with Crippen molar-refractivity contribution in [3.05, 3.63) is 89.5 Å². The molecule has 0 unspecified atom stereocenters. The number of rotatable bonds is 16. The Labute approximate surface area is 253 Å². The topological polar surface area (TPSA) is 105 Å². The van der Waals surface area contributed by atoms with Crippen LogP contribution in [0.4, 0.5) is 11.4 Å². The first-order valence-electron chi connectivity index (χ1n) is 14.9. The number of allylic oxidation sites excluding steroid dienone is 1. The fourth-order valence-electron chi connectivity index (χ4n) is 5.07. The maximum absolute atomic E-state index is 12.7. The van der Waals surface area contributed by atoms with Gasteiger partial charge in [-0.3, -0.25) is 14.4 Å². The molecular weight excluding hydrogens is 544 g/mol. The van der Waals surface area contributed by atoms with Gasteiger partial charge in [0.1, 0.15) is 11.5 Å².